The van der Waals surface area contributed by atoms with Crippen molar-refractivity contribution in [3.05, 3.63) is 87.4 Å². The van der Waals surface area contributed by atoms with Crippen LogP contribution in [0.3, 0.4) is 0 Å². The van der Waals surface area contributed by atoms with Crippen molar-refractivity contribution in [2.45, 2.75) is 26.8 Å². The first-order valence-corrected chi connectivity index (χ1v) is 9.13. The van der Waals surface area contributed by atoms with Crippen molar-refractivity contribution < 1.29 is 9.18 Å². The van der Waals surface area contributed by atoms with Gasteiger partial charge in [0.15, 0.2) is 0 Å². The van der Waals surface area contributed by atoms with Gasteiger partial charge in [0, 0.05) is 6.54 Å². The molecular weight excluding hydrogens is 365 g/mol. The van der Waals surface area contributed by atoms with Crippen LogP contribution < -0.4 is 5.32 Å². The summed E-state index contributed by atoms with van der Waals surface area (Å²) in [5.74, 6) is -0.536. The number of nitrogens with one attached hydrogen (secondary N) is 1. The molecule has 6 heteroatoms. The molecule has 1 heterocycles. The van der Waals surface area contributed by atoms with Crippen LogP contribution in [0.5, 0.6) is 0 Å². The maximum atomic E-state index is 13.0. The van der Waals surface area contributed by atoms with Crippen LogP contribution in [0, 0.1) is 19.7 Å². The molecule has 0 saturated carbocycles. The van der Waals surface area contributed by atoms with E-state index in [0.717, 1.165) is 12.0 Å². The third-order valence-corrected chi connectivity index (χ3v) is 4.86. The Bertz CT molecular complexity index is 951. The fourth-order valence-corrected chi connectivity index (χ4v) is 3.29. The number of amides is 1. The average Bonchev–Trinajstić information content (AvgIpc) is 2.92. The highest BCUT2D eigenvalue weighted by atomic mass is 35.5. The number of hydrogen-bond donors (Lipinski definition) is 1. The number of rotatable bonds is 6. The molecule has 0 aliphatic heterocycles. The molecule has 0 aliphatic rings. The number of aryl methyl sites for hydroxylation is 2. The highest BCUT2D eigenvalue weighted by Gasteiger charge is 2.20. The van der Waals surface area contributed by atoms with Crippen LogP contribution in [0.15, 0.2) is 48.5 Å². The van der Waals surface area contributed by atoms with Gasteiger partial charge in [0.1, 0.15) is 11.0 Å². The number of carbonyl (C=O) groups is 1. The van der Waals surface area contributed by atoms with Gasteiger partial charge in [0.05, 0.1) is 17.8 Å². The van der Waals surface area contributed by atoms with Gasteiger partial charge in [0.25, 0.3) is 5.91 Å². The van der Waals surface area contributed by atoms with Gasteiger partial charge >= 0.3 is 0 Å². The number of aromatic nitrogens is 2. The van der Waals surface area contributed by atoms with Crippen LogP contribution in [-0.2, 0) is 13.0 Å². The normalized spacial score (nSPS) is 10.8. The number of carbonyl (C=O) groups excluding carboxylic acids is 1. The zero-order valence-electron chi connectivity index (χ0n) is 15.3. The van der Waals surface area contributed by atoms with E-state index in [1.165, 1.54) is 23.3 Å². The van der Waals surface area contributed by atoms with Crippen LogP contribution in [0.4, 0.5) is 4.39 Å². The van der Waals surface area contributed by atoms with Crippen molar-refractivity contribution in [1.82, 2.24) is 15.1 Å². The topological polar surface area (TPSA) is 46.9 Å². The third-order valence-electron chi connectivity index (χ3n) is 4.48. The zero-order valence-corrected chi connectivity index (χ0v) is 16.1. The highest BCUT2D eigenvalue weighted by Crippen LogP contribution is 2.21. The molecule has 1 aromatic heterocycles. The minimum absolute atomic E-state index is 0.239. The monoisotopic (exact) mass is 385 g/mol. The fourth-order valence-electron chi connectivity index (χ4n) is 2.97. The second kappa shape index (κ2) is 8.35. The molecule has 0 spiro atoms. The number of hydrogen-bond acceptors (Lipinski definition) is 2. The quantitative estimate of drug-likeness (QED) is 0.687. The van der Waals surface area contributed by atoms with E-state index in [4.69, 9.17) is 11.6 Å². The highest BCUT2D eigenvalue weighted by molar-refractivity contribution is 6.33. The Balaban J connectivity index is 1.67. The Morgan fingerprint density at radius 1 is 1.15 bits per heavy atom. The van der Waals surface area contributed by atoms with Crippen LogP contribution in [-0.4, -0.2) is 22.2 Å². The first-order chi connectivity index (χ1) is 13.0. The first kappa shape index (κ1) is 19.1. The van der Waals surface area contributed by atoms with Gasteiger partial charge in [-0.3, -0.25) is 4.79 Å². The predicted octanol–water partition coefficient (Wildman–Crippen LogP) is 4.31. The van der Waals surface area contributed by atoms with E-state index in [2.05, 4.69) is 29.5 Å². The molecule has 0 unspecified atom stereocenters. The Morgan fingerprint density at radius 3 is 2.56 bits per heavy atom. The smallest absolute Gasteiger partial charge is 0.256 e. The molecule has 27 heavy (non-hydrogen) atoms. The van der Waals surface area contributed by atoms with Crippen LogP contribution in [0.1, 0.15) is 32.7 Å². The van der Waals surface area contributed by atoms with E-state index in [1.54, 1.807) is 23.7 Å². The van der Waals surface area contributed by atoms with E-state index in [-0.39, 0.29) is 16.9 Å². The minimum atomic E-state index is -0.296. The summed E-state index contributed by atoms with van der Waals surface area (Å²) in [6.45, 7) is 4.69. The molecule has 3 aromatic rings. The molecule has 4 nitrogen and oxygen atoms in total. The zero-order chi connectivity index (χ0) is 19.4. The molecule has 140 valence electrons. The maximum Gasteiger partial charge on any atom is 0.256 e. The second-order valence-corrected chi connectivity index (χ2v) is 6.83. The lowest BCUT2D eigenvalue weighted by Crippen LogP contribution is -2.26. The van der Waals surface area contributed by atoms with Gasteiger partial charge in [-0.2, -0.15) is 5.10 Å². The van der Waals surface area contributed by atoms with Crippen molar-refractivity contribution in [2.75, 3.05) is 6.54 Å². The van der Waals surface area contributed by atoms with Crippen molar-refractivity contribution >= 4 is 17.5 Å². The van der Waals surface area contributed by atoms with E-state index in [0.29, 0.717) is 24.3 Å². The second-order valence-electron chi connectivity index (χ2n) is 6.47. The molecule has 2 aromatic carbocycles. The van der Waals surface area contributed by atoms with Gasteiger partial charge in [-0.1, -0.05) is 48.0 Å². The van der Waals surface area contributed by atoms with Crippen molar-refractivity contribution in [3.8, 4) is 0 Å². The molecule has 0 radical (unpaired) electrons. The maximum absolute atomic E-state index is 13.0. The summed E-state index contributed by atoms with van der Waals surface area (Å²) in [6.07, 6.45) is 0.749. The summed E-state index contributed by atoms with van der Waals surface area (Å²) in [5, 5.41) is 7.56. The molecule has 0 saturated heterocycles. The van der Waals surface area contributed by atoms with Gasteiger partial charge in [0.2, 0.25) is 0 Å². The SMILES string of the molecule is Cc1ccccc1CCNC(=O)c1c(C)nn(Cc2ccc(F)cc2)c1Cl. The molecular formula is C21H21ClFN3O. The lowest BCUT2D eigenvalue weighted by atomic mass is 10.1. The van der Waals surface area contributed by atoms with E-state index in [1.807, 2.05) is 12.1 Å². The van der Waals surface area contributed by atoms with Crippen LogP contribution >= 0.6 is 11.6 Å². The van der Waals surface area contributed by atoms with E-state index in [9.17, 15) is 9.18 Å². The molecule has 0 bridgehead atoms. The van der Waals surface area contributed by atoms with Gasteiger partial charge in [-0.05, 0) is 49.1 Å². The molecule has 1 N–H and O–H groups in total. The van der Waals surface area contributed by atoms with Gasteiger partial charge in [-0.15, -0.1) is 0 Å². The average molecular weight is 386 g/mol. The largest absolute Gasteiger partial charge is 0.352 e. The number of nitrogens with zero attached hydrogens (tertiary/aromatic N) is 2. The Labute approximate surface area is 163 Å². The molecule has 1 amide bonds. The molecule has 0 aliphatic carbocycles. The van der Waals surface area contributed by atoms with E-state index >= 15 is 0 Å². The standard InChI is InChI=1S/C21H21ClFN3O/c1-14-5-3-4-6-17(14)11-12-24-21(27)19-15(2)25-26(20(19)22)13-16-7-9-18(23)10-8-16/h3-10H,11-13H2,1-2H3,(H,24,27). The van der Waals surface area contributed by atoms with E-state index < -0.39 is 0 Å². The number of halogens is 2. The lowest BCUT2D eigenvalue weighted by molar-refractivity contribution is 0.0953. The summed E-state index contributed by atoms with van der Waals surface area (Å²) in [4.78, 5) is 12.6. The Kier molecular flexibility index (Phi) is 5.91. The summed E-state index contributed by atoms with van der Waals surface area (Å²) >= 11 is 6.39. The predicted molar refractivity (Wildman–Crippen MR) is 105 cm³/mol. The molecule has 0 fully saturated rings. The minimum Gasteiger partial charge on any atom is -0.352 e. The van der Waals surface area contributed by atoms with Gasteiger partial charge in [-0.25, -0.2) is 9.07 Å². The summed E-state index contributed by atoms with van der Waals surface area (Å²) in [6, 6.07) is 14.2. The van der Waals surface area contributed by atoms with Crippen LogP contribution in [0.25, 0.3) is 0 Å². The summed E-state index contributed by atoms with van der Waals surface area (Å²) < 4.78 is 14.6. The summed E-state index contributed by atoms with van der Waals surface area (Å²) in [7, 11) is 0. The number of benzene rings is 2. The fraction of sp³-hybridized carbons (Fsp3) is 0.238. The molecule has 0 atom stereocenters. The van der Waals surface area contributed by atoms with Crippen LogP contribution in [0.2, 0.25) is 5.15 Å². The van der Waals surface area contributed by atoms with Crippen molar-refractivity contribution in [2.24, 2.45) is 0 Å². The molecule has 3 rings (SSSR count). The first-order valence-electron chi connectivity index (χ1n) is 8.75. The van der Waals surface area contributed by atoms with Crippen molar-refractivity contribution in [1.29, 1.82) is 0 Å². The third kappa shape index (κ3) is 4.55. The Morgan fingerprint density at radius 2 is 1.85 bits per heavy atom. The summed E-state index contributed by atoms with van der Waals surface area (Å²) in [5.41, 5.74) is 4.20. The lowest BCUT2D eigenvalue weighted by Gasteiger charge is -2.08. The van der Waals surface area contributed by atoms with Gasteiger partial charge < -0.3 is 5.32 Å². The Hall–Kier alpha value is -2.66. The van der Waals surface area contributed by atoms with Crippen molar-refractivity contribution in [3.63, 3.8) is 0 Å².